The van der Waals surface area contributed by atoms with Crippen LogP contribution in [0.4, 0.5) is 10.2 Å². The van der Waals surface area contributed by atoms with Gasteiger partial charge in [-0.05, 0) is 50.5 Å². The van der Waals surface area contributed by atoms with E-state index in [0.29, 0.717) is 36.8 Å². The van der Waals surface area contributed by atoms with Gasteiger partial charge < -0.3 is 14.5 Å². The predicted molar refractivity (Wildman–Crippen MR) is 120 cm³/mol. The molecular weight excluding hydrogens is 395 g/mol. The topological polar surface area (TPSA) is 58.6 Å². The van der Waals surface area contributed by atoms with Crippen molar-refractivity contribution in [1.82, 2.24) is 14.9 Å². The second kappa shape index (κ2) is 10.6. The summed E-state index contributed by atoms with van der Waals surface area (Å²) in [6.07, 6.45) is 5.54. The number of aromatic nitrogens is 2. The monoisotopic (exact) mass is 428 g/mol. The van der Waals surface area contributed by atoms with Gasteiger partial charge in [0.1, 0.15) is 23.7 Å². The summed E-state index contributed by atoms with van der Waals surface area (Å²) in [5.41, 5.74) is 0.703. The first kappa shape index (κ1) is 23.0. The van der Waals surface area contributed by atoms with Gasteiger partial charge >= 0.3 is 0 Å². The maximum absolute atomic E-state index is 13.3. The van der Waals surface area contributed by atoms with Crippen LogP contribution in [0.5, 0.6) is 11.6 Å². The van der Waals surface area contributed by atoms with Gasteiger partial charge in [-0.1, -0.05) is 26.7 Å². The highest BCUT2D eigenvalue weighted by Gasteiger charge is 2.31. The summed E-state index contributed by atoms with van der Waals surface area (Å²) in [6, 6.07) is 6.30. The number of piperazine rings is 1. The average molecular weight is 429 g/mol. The molecule has 1 aromatic carbocycles. The highest BCUT2D eigenvalue weighted by molar-refractivity contribution is 5.79. The Labute approximate surface area is 184 Å². The van der Waals surface area contributed by atoms with Crippen LogP contribution in [0.15, 0.2) is 30.6 Å². The van der Waals surface area contributed by atoms with Gasteiger partial charge in [0.05, 0.1) is 0 Å². The quantitative estimate of drug-likeness (QED) is 0.594. The summed E-state index contributed by atoms with van der Waals surface area (Å²) in [4.78, 5) is 25.8. The van der Waals surface area contributed by atoms with Crippen LogP contribution in [0.3, 0.4) is 0 Å². The van der Waals surface area contributed by atoms with E-state index in [0.717, 1.165) is 31.5 Å². The Bertz CT molecular complexity index is 892. The fraction of sp³-hybridized carbons (Fsp3) is 0.542. The summed E-state index contributed by atoms with van der Waals surface area (Å²) in [5.74, 6) is 1.84. The van der Waals surface area contributed by atoms with Gasteiger partial charge in [0.15, 0.2) is 0 Å². The van der Waals surface area contributed by atoms with E-state index < -0.39 is 0 Å². The smallest absolute Gasteiger partial charge is 0.226 e. The first-order chi connectivity index (χ1) is 14.9. The first-order valence-corrected chi connectivity index (χ1v) is 11.2. The molecule has 1 amide bonds. The third-order valence-corrected chi connectivity index (χ3v) is 5.96. The lowest BCUT2D eigenvalue weighted by Crippen LogP contribution is -2.55. The number of carbonyl (C=O) groups is 1. The lowest BCUT2D eigenvalue weighted by Gasteiger charge is -2.41. The number of hydrogen-bond donors (Lipinski definition) is 0. The Morgan fingerprint density at radius 1 is 1.26 bits per heavy atom. The van der Waals surface area contributed by atoms with Gasteiger partial charge in [0.2, 0.25) is 11.8 Å². The number of aryl methyl sites for hydroxylation is 1. The van der Waals surface area contributed by atoms with Crippen LogP contribution in [0.2, 0.25) is 0 Å². The molecule has 3 rings (SSSR count). The zero-order valence-corrected chi connectivity index (χ0v) is 19.0. The van der Waals surface area contributed by atoms with E-state index in [2.05, 4.69) is 35.6 Å². The maximum Gasteiger partial charge on any atom is 0.226 e. The molecular formula is C24H33FN4O2. The van der Waals surface area contributed by atoms with Crippen molar-refractivity contribution in [2.75, 3.05) is 24.5 Å². The van der Waals surface area contributed by atoms with Crippen LogP contribution in [0, 0.1) is 18.7 Å². The van der Waals surface area contributed by atoms with E-state index in [9.17, 15) is 9.18 Å². The zero-order chi connectivity index (χ0) is 22.4. The predicted octanol–water partition coefficient (Wildman–Crippen LogP) is 4.97. The Hall–Kier alpha value is -2.70. The number of benzene rings is 1. The third kappa shape index (κ3) is 5.71. The van der Waals surface area contributed by atoms with Crippen molar-refractivity contribution in [3.63, 3.8) is 0 Å². The fourth-order valence-electron chi connectivity index (χ4n) is 4.08. The number of hydrogen-bond acceptors (Lipinski definition) is 5. The minimum atomic E-state index is -0.297. The molecule has 1 aliphatic rings. The first-order valence-electron chi connectivity index (χ1n) is 11.2. The molecule has 7 heteroatoms. The Morgan fingerprint density at radius 2 is 2.06 bits per heavy atom. The summed E-state index contributed by atoms with van der Waals surface area (Å²) in [7, 11) is 0. The molecule has 31 heavy (non-hydrogen) atoms. The maximum atomic E-state index is 13.3. The number of amides is 1. The second-order valence-corrected chi connectivity index (χ2v) is 8.30. The lowest BCUT2D eigenvalue weighted by molar-refractivity contribution is -0.138. The summed E-state index contributed by atoms with van der Waals surface area (Å²) in [6.45, 7) is 10.3. The van der Waals surface area contributed by atoms with Gasteiger partial charge in [-0.25, -0.2) is 14.4 Å². The van der Waals surface area contributed by atoms with Crippen molar-refractivity contribution in [2.24, 2.45) is 5.92 Å². The fourth-order valence-corrected chi connectivity index (χ4v) is 4.08. The summed E-state index contributed by atoms with van der Waals surface area (Å²) >= 11 is 0. The number of anilines is 1. The molecule has 0 saturated carbocycles. The molecule has 0 N–H and O–H groups in total. The standard InChI is InChI=1S/C24H33FN4O2/c1-5-7-8-19(6-2)24(30)29-12-11-28(15-18(29)4)22-14-23(27-16-26-22)31-21-10-9-20(25)13-17(21)3/h9-10,13-14,16,18-19H,5-8,11-12,15H2,1-4H3/t18-,19+/m0/s1. The molecule has 0 spiro atoms. The highest BCUT2D eigenvalue weighted by Crippen LogP contribution is 2.27. The third-order valence-electron chi connectivity index (χ3n) is 5.96. The molecule has 1 aliphatic heterocycles. The summed E-state index contributed by atoms with van der Waals surface area (Å²) in [5, 5.41) is 0. The van der Waals surface area contributed by atoms with E-state index in [1.165, 1.54) is 18.5 Å². The van der Waals surface area contributed by atoms with E-state index in [-0.39, 0.29) is 23.7 Å². The van der Waals surface area contributed by atoms with Gasteiger partial charge in [-0.2, -0.15) is 0 Å². The Balaban J connectivity index is 1.66. The zero-order valence-electron chi connectivity index (χ0n) is 19.0. The lowest BCUT2D eigenvalue weighted by atomic mass is 9.96. The molecule has 2 heterocycles. The normalized spacial score (nSPS) is 17.5. The molecule has 0 bridgehead atoms. The summed E-state index contributed by atoms with van der Waals surface area (Å²) < 4.78 is 19.2. The molecule has 168 valence electrons. The number of carbonyl (C=O) groups excluding carboxylic acids is 1. The van der Waals surface area contributed by atoms with Crippen molar-refractivity contribution in [3.8, 4) is 11.6 Å². The minimum absolute atomic E-state index is 0.107. The van der Waals surface area contributed by atoms with Crippen LogP contribution in [-0.4, -0.2) is 46.5 Å². The average Bonchev–Trinajstić information content (AvgIpc) is 2.76. The number of nitrogens with zero attached hydrogens (tertiary/aromatic N) is 4. The van der Waals surface area contributed by atoms with E-state index in [1.54, 1.807) is 19.1 Å². The van der Waals surface area contributed by atoms with Crippen LogP contribution < -0.4 is 9.64 Å². The molecule has 6 nitrogen and oxygen atoms in total. The van der Waals surface area contributed by atoms with Crippen LogP contribution in [0.25, 0.3) is 0 Å². The van der Waals surface area contributed by atoms with Crippen molar-refractivity contribution in [1.29, 1.82) is 0 Å². The van der Waals surface area contributed by atoms with Gasteiger partial charge in [0, 0.05) is 37.7 Å². The second-order valence-electron chi connectivity index (χ2n) is 8.30. The highest BCUT2D eigenvalue weighted by atomic mass is 19.1. The van der Waals surface area contributed by atoms with Crippen molar-refractivity contribution >= 4 is 11.7 Å². The minimum Gasteiger partial charge on any atom is -0.439 e. The SMILES string of the molecule is CCCC[C@@H](CC)C(=O)N1CCN(c2cc(Oc3ccc(F)cc3C)ncn2)C[C@@H]1C. The number of unbranched alkanes of at least 4 members (excludes halogenated alkanes) is 1. The van der Waals surface area contributed by atoms with Gasteiger partial charge in [0.25, 0.3) is 0 Å². The van der Waals surface area contributed by atoms with Crippen LogP contribution in [-0.2, 0) is 4.79 Å². The molecule has 0 radical (unpaired) electrons. The number of halogens is 1. The van der Waals surface area contributed by atoms with Gasteiger partial charge in [-0.15, -0.1) is 0 Å². The van der Waals surface area contributed by atoms with Crippen molar-refractivity contribution < 1.29 is 13.9 Å². The van der Waals surface area contributed by atoms with Crippen molar-refractivity contribution in [3.05, 3.63) is 42.0 Å². The molecule has 0 unspecified atom stereocenters. The molecule has 0 aliphatic carbocycles. The van der Waals surface area contributed by atoms with Crippen molar-refractivity contribution in [2.45, 2.75) is 59.4 Å². The molecule has 1 saturated heterocycles. The Morgan fingerprint density at radius 3 is 2.74 bits per heavy atom. The van der Waals surface area contributed by atoms with E-state index in [1.807, 2.05) is 4.90 Å². The van der Waals surface area contributed by atoms with Gasteiger partial charge in [-0.3, -0.25) is 4.79 Å². The molecule has 2 aromatic rings. The Kier molecular flexibility index (Phi) is 7.82. The largest absolute Gasteiger partial charge is 0.439 e. The number of rotatable bonds is 8. The molecule has 1 fully saturated rings. The molecule has 2 atom stereocenters. The van der Waals surface area contributed by atoms with E-state index in [4.69, 9.17) is 4.74 Å². The number of ether oxygens (including phenoxy) is 1. The van der Waals surface area contributed by atoms with E-state index >= 15 is 0 Å². The van der Waals surface area contributed by atoms with Crippen LogP contribution >= 0.6 is 0 Å². The molecule has 1 aromatic heterocycles. The van der Waals surface area contributed by atoms with Crippen LogP contribution in [0.1, 0.15) is 52.0 Å².